The third-order valence-corrected chi connectivity index (χ3v) is 2.29. The van der Waals surface area contributed by atoms with Gasteiger partial charge in [-0.2, -0.15) is 0 Å². The number of aryl methyl sites for hydroxylation is 1. The van der Waals surface area contributed by atoms with Gasteiger partial charge in [-0.05, 0) is 31.7 Å². The van der Waals surface area contributed by atoms with Crippen molar-refractivity contribution in [1.29, 1.82) is 0 Å². The van der Waals surface area contributed by atoms with Gasteiger partial charge in [-0.3, -0.25) is 0 Å². The molecule has 1 aromatic rings. The van der Waals surface area contributed by atoms with Crippen LogP contribution in [0.5, 0.6) is 5.75 Å². The highest BCUT2D eigenvalue weighted by Crippen LogP contribution is 2.31. The molecule has 0 saturated carbocycles. The lowest BCUT2D eigenvalue weighted by Gasteiger charge is -2.10. The molecule has 0 spiro atoms. The van der Waals surface area contributed by atoms with Crippen LogP contribution in [-0.4, -0.2) is 20.2 Å². The summed E-state index contributed by atoms with van der Waals surface area (Å²) in [6.45, 7) is 3.31. The second kappa shape index (κ2) is 7.18. The zero-order valence-electron chi connectivity index (χ0n) is 8.64. The first kappa shape index (κ1) is 14.8. The normalized spacial score (nSPS) is 9.60. The molecular formula is C10H14Cl3NO. The second-order valence-corrected chi connectivity index (χ2v) is 3.83. The van der Waals surface area contributed by atoms with E-state index in [1.807, 2.05) is 20.0 Å². The Kier molecular flexibility index (Phi) is 7.11. The Morgan fingerprint density at radius 1 is 1.33 bits per heavy atom. The maximum absolute atomic E-state index is 5.98. The minimum absolute atomic E-state index is 0. The van der Waals surface area contributed by atoms with Crippen LogP contribution in [0.15, 0.2) is 12.1 Å². The van der Waals surface area contributed by atoms with Crippen LogP contribution in [0.25, 0.3) is 0 Å². The van der Waals surface area contributed by atoms with Gasteiger partial charge >= 0.3 is 0 Å². The molecule has 0 aromatic heterocycles. The number of nitrogens with one attached hydrogen (secondary N) is 1. The fourth-order valence-electron chi connectivity index (χ4n) is 1.13. The van der Waals surface area contributed by atoms with Crippen molar-refractivity contribution in [1.82, 2.24) is 5.32 Å². The van der Waals surface area contributed by atoms with Crippen LogP contribution >= 0.6 is 35.6 Å². The number of benzene rings is 1. The number of halogens is 3. The van der Waals surface area contributed by atoms with E-state index in [-0.39, 0.29) is 12.4 Å². The number of rotatable bonds is 4. The molecule has 0 aliphatic carbocycles. The molecule has 5 heteroatoms. The topological polar surface area (TPSA) is 21.3 Å². The largest absolute Gasteiger partial charge is 0.490 e. The Bertz CT molecular complexity index is 295. The van der Waals surface area contributed by atoms with Gasteiger partial charge in [0.05, 0.1) is 5.02 Å². The van der Waals surface area contributed by atoms with Gasteiger partial charge in [-0.15, -0.1) is 12.4 Å². The number of hydrogen-bond acceptors (Lipinski definition) is 2. The van der Waals surface area contributed by atoms with Crippen molar-refractivity contribution in [3.05, 3.63) is 27.7 Å². The summed E-state index contributed by atoms with van der Waals surface area (Å²) in [7, 11) is 1.87. The predicted octanol–water partition coefficient (Wildman–Crippen LogP) is 3.32. The van der Waals surface area contributed by atoms with Gasteiger partial charge in [-0.1, -0.05) is 23.2 Å². The summed E-state index contributed by atoms with van der Waals surface area (Å²) in [6.07, 6.45) is 0. The molecule has 1 N–H and O–H groups in total. The maximum Gasteiger partial charge on any atom is 0.140 e. The van der Waals surface area contributed by atoms with Gasteiger partial charge in [0.15, 0.2) is 0 Å². The third-order valence-electron chi connectivity index (χ3n) is 1.79. The molecule has 2 nitrogen and oxygen atoms in total. The fraction of sp³-hybridized carbons (Fsp3) is 0.400. The van der Waals surface area contributed by atoms with Gasteiger partial charge in [0.2, 0.25) is 0 Å². The summed E-state index contributed by atoms with van der Waals surface area (Å²) in [5.41, 5.74) is 0.957. The minimum atomic E-state index is 0. The molecule has 0 aliphatic heterocycles. The Morgan fingerprint density at radius 2 is 2.00 bits per heavy atom. The van der Waals surface area contributed by atoms with Crippen molar-refractivity contribution >= 4 is 35.6 Å². The van der Waals surface area contributed by atoms with E-state index >= 15 is 0 Å². The molecule has 0 fully saturated rings. The summed E-state index contributed by atoms with van der Waals surface area (Å²) in [5.74, 6) is 0.714. The molecule has 0 aliphatic rings. The summed E-state index contributed by atoms with van der Waals surface area (Å²) < 4.78 is 5.51. The van der Waals surface area contributed by atoms with E-state index in [2.05, 4.69) is 5.32 Å². The first-order valence-electron chi connectivity index (χ1n) is 4.38. The number of likely N-dealkylation sites (N-methyl/N-ethyl adjacent to an activating group) is 1. The lowest BCUT2D eigenvalue weighted by atomic mass is 10.2. The smallest absolute Gasteiger partial charge is 0.140 e. The monoisotopic (exact) mass is 269 g/mol. The van der Waals surface area contributed by atoms with Gasteiger partial charge in [0.1, 0.15) is 12.4 Å². The van der Waals surface area contributed by atoms with Crippen LogP contribution in [0.1, 0.15) is 5.56 Å². The molecule has 0 unspecified atom stereocenters. The number of ether oxygens (including phenoxy) is 1. The van der Waals surface area contributed by atoms with E-state index in [0.717, 1.165) is 12.1 Å². The maximum atomic E-state index is 5.98. The zero-order chi connectivity index (χ0) is 10.6. The SMILES string of the molecule is CNCCOc1c(C)cc(Cl)cc1Cl.Cl. The van der Waals surface area contributed by atoms with Crippen molar-refractivity contribution < 1.29 is 4.74 Å². The van der Waals surface area contributed by atoms with Gasteiger partial charge in [0.25, 0.3) is 0 Å². The van der Waals surface area contributed by atoms with Crippen LogP contribution in [0.2, 0.25) is 10.0 Å². The molecule has 86 valence electrons. The Morgan fingerprint density at radius 3 is 2.53 bits per heavy atom. The van der Waals surface area contributed by atoms with Crippen LogP contribution in [0.4, 0.5) is 0 Å². The van der Waals surface area contributed by atoms with E-state index in [1.165, 1.54) is 0 Å². The lowest BCUT2D eigenvalue weighted by Crippen LogP contribution is -2.16. The minimum Gasteiger partial charge on any atom is -0.490 e. The van der Waals surface area contributed by atoms with Crippen LogP contribution in [-0.2, 0) is 0 Å². The highest BCUT2D eigenvalue weighted by Gasteiger charge is 2.06. The molecule has 15 heavy (non-hydrogen) atoms. The summed E-state index contributed by atoms with van der Waals surface area (Å²) >= 11 is 11.8. The third kappa shape index (κ3) is 4.47. The standard InChI is InChI=1S/C10H13Cl2NO.ClH/c1-7-5-8(11)6-9(12)10(7)14-4-3-13-2;/h5-6,13H,3-4H2,1-2H3;1H. The Hall–Kier alpha value is -0.150. The van der Waals surface area contributed by atoms with E-state index in [0.29, 0.717) is 22.4 Å². The van der Waals surface area contributed by atoms with Crippen molar-refractivity contribution in [2.75, 3.05) is 20.2 Å². The summed E-state index contributed by atoms with van der Waals surface area (Å²) in [5, 5.41) is 4.19. The highest BCUT2D eigenvalue weighted by atomic mass is 35.5. The zero-order valence-corrected chi connectivity index (χ0v) is 11.0. The van der Waals surface area contributed by atoms with Gasteiger partial charge in [0, 0.05) is 11.6 Å². The molecule has 1 aromatic carbocycles. The fourth-order valence-corrected chi connectivity index (χ4v) is 1.78. The van der Waals surface area contributed by atoms with E-state index in [4.69, 9.17) is 27.9 Å². The Labute approximate surface area is 106 Å². The first-order chi connectivity index (χ1) is 6.65. The van der Waals surface area contributed by atoms with Crippen molar-refractivity contribution in [2.45, 2.75) is 6.92 Å². The van der Waals surface area contributed by atoms with Crippen molar-refractivity contribution in [2.24, 2.45) is 0 Å². The molecule has 0 saturated heterocycles. The van der Waals surface area contributed by atoms with Crippen LogP contribution in [0, 0.1) is 6.92 Å². The van der Waals surface area contributed by atoms with Crippen molar-refractivity contribution in [3.63, 3.8) is 0 Å². The molecule has 1 rings (SSSR count). The van der Waals surface area contributed by atoms with E-state index < -0.39 is 0 Å². The van der Waals surface area contributed by atoms with E-state index in [9.17, 15) is 0 Å². The van der Waals surface area contributed by atoms with Crippen molar-refractivity contribution in [3.8, 4) is 5.75 Å². The lowest BCUT2D eigenvalue weighted by molar-refractivity contribution is 0.316. The molecule has 0 bridgehead atoms. The molecule has 0 heterocycles. The molecular weight excluding hydrogens is 256 g/mol. The average molecular weight is 271 g/mol. The van der Waals surface area contributed by atoms with E-state index in [1.54, 1.807) is 6.07 Å². The quantitative estimate of drug-likeness (QED) is 0.848. The number of hydrogen-bond donors (Lipinski definition) is 1. The summed E-state index contributed by atoms with van der Waals surface area (Å²) in [4.78, 5) is 0. The molecule has 0 radical (unpaired) electrons. The van der Waals surface area contributed by atoms with Crippen LogP contribution in [0.3, 0.4) is 0 Å². The van der Waals surface area contributed by atoms with Gasteiger partial charge < -0.3 is 10.1 Å². The average Bonchev–Trinajstić information content (AvgIpc) is 2.09. The van der Waals surface area contributed by atoms with Gasteiger partial charge in [-0.25, -0.2) is 0 Å². The Balaban J connectivity index is 0.00000196. The first-order valence-corrected chi connectivity index (χ1v) is 5.13. The molecule has 0 amide bonds. The second-order valence-electron chi connectivity index (χ2n) is 2.99. The predicted molar refractivity (Wildman–Crippen MR) is 67.9 cm³/mol. The van der Waals surface area contributed by atoms with Crippen LogP contribution < -0.4 is 10.1 Å². The highest BCUT2D eigenvalue weighted by molar-refractivity contribution is 6.35. The summed E-state index contributed by atoms with van der Waals surface area (Å²) in [6, 6.07) is 3.52. The molecule has 0 atom stereocenters.